The molecule has 0 aliphatic carbocycles. The Hall–Kier alpha value is -0.520. The van der Waals surface area contributed by atoms with Crippen molar-refractivity contribution in [1.29, 1.82) is 0 Å². The van der Waals surface area contributed by atoms with E-state index in [9.17, 15) is 0 Å². The van der Waals surface area contributed by atoms with E-state index in [-0.39, 0.29) is 7.43 Å². The first-order valence-corrected chi connectivity index (χ1v) is 2.51. The molecule has 0 spiro atoms. The van der Waals surface area contributed by atoms with Gasteiger partial charge in [0.2, 0.25) is 0 Å². The fraction of sp³-hybridized carbons (Fsp3) is 0.500. The molecule has 0 saturated carbocycles. The average molecular weight is 114 g/mol. The van der Waals surface area contributed by atoms with Gasteiger partial charge >= 0.3 is 0 Å². The van der Waals surface area contributed by atoms with Gasteiger partial charge in [-0.3, -0.25) is 0 Å². The van der Waals surface area contributed by atoms with Crippen LogP contribution in [-0.4, -0.2) is 0 Å². The first kappa shape index (κ1) is 15.6. The second-order valence-electron chi connectivity index (χ2n) is 1.11. The van der Waals surface area contributed by atoms with Gasteiger partial charge in [-0.15, -0.1) is 13.2 Å². The minimum atomic E-state index is 0. The Bertz CT molecular complexity index is 35.3. The van der Waals surface area contributed by atoms with Gasteiger partial charge in [0.1, 0.15) is 0 Å². The molecule has 0 nitrogen and oxygen atoms in total. The Balaban J connectivity index is -0.0000000575. The Kier molecular flexibility index (Phi) is 61.9. The Labute approximate surface area is 53.9 Å². The molecule has 0 aliphatic rings. The molecule has 0 rings (SSSR count). The molecule has 0 heterocycles. The van der Waals surface area contributed by atoms with Gasteiger partial charge in [-0.25, -0.2) is 0 Å². The van der Waals surface area contributed by atoms with Gasteiger partial charge in [0, 0.05) is 0 Å². The van der Waals surface area contributed by atoms with Crippen molar-refractivity contribution in [1.82, 2.24) is 0 Å². The van der Waals surface area contributed by atoms with Crippen LogP contribution in [0.4, 0.5) is 0 Å². The van der Waals surface area contributed by atoms with Gasteiger partial charge in [0.25, 0.3) is 0 Å². The van der Waals surface area contributed by atoms with Gasteiger partial charge < -0.3 is 0 Å². The molecule has 0 N–H and O–H groups in total. The van der Waals surface area contributed by atoms with Crippen LogP contribution in [0.5, 0.6) is 0 Å². The zero-order valence-corrected chi connectivity index (χ0v) is 5.28. The molecule has 0 heteroatoms. The van der Waals surface area contributed by atoms with Crippen LogP contribution in [0.15, 0.2) is 25.3 Å². The van der Waals surface area contributed by atoms with E-state index >= 15 is 0 Å². The standard InChI is InChI=1S/C4H8.C3H6.CH4/c1-3-4-2;1-3-2;/h3H,1,4H2,2H3;3H,1H2,2H3;1H4. The largest absolute Gasteiger partial charge is 0.103 e. The second-order valence-corrected chi connectivity index (χ2v) is 1.11. The van der Waals surface area contributed by atoms with E-state index in [0.29, 0.717) is 0 Å². The summed E-state index contributed by atoms with van der Waals surface area (Å²) in [7, 11) is 0. The van der Waals surface area contributed by atoms with Gasteiger partial charge in [-0.05, 0) is 13.3 Å². The highest BCUT2D eigenvalue weighted by Gasteiger charge is 1.45. The molecule has 0 aromatic carbocycles. The lowest BCUT2D eigenvalue weighted by Crippen LogP contribution is -1.36. The molecule has 0 radical (unpaired) electrons. The molecular formula is C8H18. The fourth-order valence-electron chi connectivity index (χ4n) is 0. The third-order valence-electron chi connectivity index (χ3n) is 0.289. The highest BCUT2D eigenvalue weighted by atomic mass is 13.5. The predicted molar refractivity (Wildman–Crippen MR) is 43.1 cm³/mol. The van der Waals surface area contributed by atoms with Gasteiger partial charge in [-0.1, -0.05) is 26.5 Å². The molecule has 0 saturated heterocycles. The normalized spacial score (nSPS) is 4.75. The second kappa shape index (κ2) is 31.6. The third kappa shape index (κ3) is 477. The SMILES string of the molecule is C.C=CC.C=CCC. The maximum Gasteiger partial charge on any atom is -0.0382 e. The molecule has 0 aromatic rings. The molecule has 0 atom stereocenters. The predicted octanol–water partition coefficient (Wildman–Crippen LogP) is 3.41. The first-order chi connectivity index (χ1) is 3.33. The summed E-state index contributed by atoms with van der Waals surface area (Å²) in [5, 5.41) is 0. The Morgan fingerprint density at radius 3 is 1.50 bits per heavy atom. The summed E-state index contributed by atoms with van der Waals surface area (Å²) < 4.78 is 0. The minimum absolute atomic E-state index is 0. The maximum absolute atomic E-state index is 3.48. The monoisotopic (exact) mass is 114 g/mol. The van der Waals surface area contributed by atoms with E-state index in [0.717, 1.165) is 6.42 Å². The summed E-state index contributed by atoms with van der Waals surface area (Å²) in [6, 6.07) is 0. The lowest BCUT2D eigenvalue weighted by Gasteiger charge is -1.57. The third-order valence-corrected chi connectivity index (χ3v) is 0.289. The summed E-state index contributed by atoms with van der Waals surface area (Å²) in [5.74, 6) is 0. The van der Waals surface area contributed by atoms with Gasteiger partial charge in [0.05, 0.1) is 0 Å². The van der Waals surface area contributed by atoms with Crippen LogP contribution in [0.3, 0.4) is 0 Å². The van der Waals surface area contributed by atoms with Crippen LogP contribution < -0.4 is 0 Å². The zero-order valence-electron chi connectivity index (χ0n) is 5.28. The van der Waals surface area contributed by atoms with Crippen molar-refractivity contribution in [2.24, 2.45) is 0 Å². The molecule has 0 unspecified atom stereocenters. The fourth-order valence-corrected chi connectivity index (χ4v) is 0. The molecule has 0 fully saturated rings. The van der Waals surface area contributed by atoms with Crippen LogP contribution >= 0.6 is 0 Å². The summed E-state index contributed by atoms with van der Waals surface area (Å²) in [6.07, 6.45) is 4.71. The van der Waals surface area contributed by atoms with E-state index in [1.807, 2.05) is 13.0 Å². The van der Waals surface area contributed by atoms with Crippen LogP contribution in [0.2, 0.25) is 0 Å². The van der Waals surface area contributed by atoms with E-state index in [2.05, 4.69) is 20.1 Å². The Morgan fingerprint density at radius 1 is 1.38 bits per heavy atom. The average Bonchev–Trinajstić information content (AvgIpc) is 1.69. The Morgan fingerprint density at radius 2 is 1.50 bits per heavy atom. The molecular weight excluding hydrogens is 96.1 g/mol. The molecule has 0 aromatic heterocycles. The minimum Gasteiger partial charge on any atom is -0.103 e. The lowest BCUT2D eigenvalue weighted by molar-refractivity contribution is 1.23. The molecule has 0 aliphatic heterocycles. The number of rotatable bonds is 1. The van der Waals surface area contributed by atoms with Crippen molar-refractivity contribution in [2.75, 3.05) is 0 Å². The maximum atomic E-state index is 3.48. The van der Waals surface area contributed by atoms with Crippen molar-refractivity contribution in [3.05, 3.63) is 25.3 Å². The van der Waals surface area contributed by atoms with Gasteiger partial charge in [0.15, 0.2) is 0 Å². The summed E-state index contributed by atoms with van der Waals surface area (Å²) >= 11 is 0. The molecule has 0 bridgehead atoms. The van der Waals surface area contributed by atoms with Crippen LogP contribution in [0.25, 0.3) is 0 Å². The summed E-state index contributed by atoms with van der Waals surface area (Å²) in [6.45, 7) is 10.8. The summed E-state index contributed by atoms with van der Waals surface area (Å²) in [4.78, 5) is 0. The van der Waals surface area contributed by atoms with Crippen LogP contribution in [0.1, 0.15) is 27.7 Å². The molecule has 50 valence electrons. The van der Waals surface area contributed by atoms with Crippen LogP contribution in [0, 0.1) is 0 Å². The molecule has 8 heavy (non-hydrogen) atoms. The van der Waals surface area contributed by atoms with Crippen molar-refractivity contribution in [3.63, 3.8) is 0 Å². The van der Waals surface area contributed by atoms with Crippen molar-refractivity contribution >= 4 is 0 Å². The highest BCUT2D eigenvalue weighted by molar-refractivity contribution is 4.60. The van der Waals surface area contributed by atoms with E-state index < -0.39 is 0 Å². The lowest BCUT2D eigenvalue weighted by atomic mass is 10.5. The van der Waals surface area contributed by atoms with E-state index in [1.54, 1.807) is 6.08 Å². The quantitative estimate of drug-likeness (QED) is 0.458. The number of hydrogen-bond donors (Lipinski definition) is 0. The highest BCUT2D eigenvalue weighted by Crippen LogP contribution is 1.66. The van der Waals surface area contributed by atoms with Gasteiger partial charge in [-0.2, -0.15) is 0 Å². The van der Waals surface area contributed by atoms with Crippen molar-refractivity contribution < 1.29 is 0 Å². The topological polar surface area (TPSA) is 0 Å². The van der Waals surface area contributed by atoms with Crippen LogP contribution in [-0.2, 0) is 0 Å². The molecule has 0 amide bonds. The zero-order chi connectivity index (χ0) is 6.12. The first-order valence-electron chi connectivity index (χ1n) is 2.51. The number of hydrogen-bond acceptors (Lipinski definition) is 0. The van der Waals surface area contributed by atoms with Crippen molar-refractivity contribution in [3.8, 4) is 0 Å². The smallest absolute Gasteiger partial charge is 0.0382 e. The van der Waals surface area contributed by atoms with E-state index in [4.69, 9.17) is 0 Å². The summed E-state index contributed by atoms with van der Waals surface area (Å²) in [5.41, 5.74) is 0. The van der Waals surface area contributed by atoms with E-state index in [1.165, 1.54) is 0 Å². The number of allylic oxidation sites excluding steroid dienone is 2. The van der Waals surface area contributed by atoms with Crippen molar-refractivity contribution in [2.45, 2.75) is 27.7 Å².